The number of carbonyl (C=O) groups excluding carboxylic acids is 1. The zero-order valence-corrected chi connectivity index (χ0v) is 7.68. The lowest BCUT2D eigenvalue weighted by atomic mass is 10.1. The monoisotopic (exact) mass is 179 g/mol. The highest BCUT2D eigenvalue weighted by molar-refractivity contribution is 5.76. The van der Waals surface area contributed by atoms with Crippen LogP contribution < -0.4 is 0 Å². The van der Waals surface area contributed by atoms with Crippen molar-refractivity contribution < 1.29 is 13.6 Å². The first kappa shape index (κ1) is 11.5. The first-order valence-electron chi connectivity index (χ1n) is 3.91. The van der Waals surface area contributed by atoms with Crippen molar-refractivity contribution in [3.8, 4) is 0 Å². The number of halogens is 2. The number of Topliss-reactive ketones (excluding diaryl/α,β-unsaturated/α-hetero) is 1. The van der Waals surface area contributed by atoms with E-state index < -0.39 is 6.43 Å². The van der Waals surface area contributed by atoms with E-state index in [0.717, 1.165) is 0 Å². The molecule has 0 radical (unpaired) electrons. The van der Waals surface area contributed by atoms with Crippen LogP contribution in [0.4, 0.5) is 8.78 Å². The summed E-state index contributed by atoms with van der Waals surface area (Å²) in [7, 11) is 1.60. The van der Waals surface area contributed by atoms with Gasteiger partial charge in [0.25, 0.3) is 6.43 Å². The number of hydrogen-bond donors (Lipinski definition) is 0. The minimum atomic E-state index is -2.33. The number of carbonyl (C=O) groups is 1. The maximum absolute atomic E-state index is 11.9. The highest BCUT2D eigenvalue weighted by atomic mass is 19.3. The van der Waals surface area contributed by atoms with Gasteiger partial charge in [-0.3, -0.25) is 9.69 Å². The van der Waals surface area contributed by atoms with Crippen LogP contribution in [0.1, 0.15) is 20.3 Å². The molecular weight excluding hydrogens is 164 g/mol. The van der Waals surface area contributed by atoms with Crippen molar-refractivity contribution in [3.63, 3.8) is 0 Å². The summed E-state index contributed by atoms with van der Waals surface area (Å²) >= 11 is 0. The molecule has 2 nitrogen and oxygen atoms in total. The minimum Gasteiger partial charge on any atom is -0.300 e. The van der Waals surface area contributed by atoms with Crippen molar-refractivity contribution in [2.45, 2.75) is 32.7 Å². The van der Waals surface area contributed by atoms with E-state index in [4.69, 9.17) is 0 Å². The number of hydrogen-bond acceptors (Lipinski definition) is 2. The molecule has 0 aliphatic heterocycles. The molecule has 0 bridgehead atoms. The second kappa shape index (κ2) is 5.19. The van der Waals surface area contributed by atoms with Gasteiger partial charge in [-0.1, -0.05) is 0 Å². The predicted molar refractivity (Wildman–Crippen MR) is 43.4 cm³/mol. The van der Waals surface area contributed by atoms with Gasteiger partial charge in [0.15, 0.2) is 0 Å². The molecule has 1 atom stereocenters. The second-order valence-electron chi connectivity index (χ2n) is 3.09. The van der Waals surface area contributed by atoms with Gasteiger partial charge in [0, 0.05) is 12.5 Å². The van der Waals surface area contributed by atoms with Crippen LogP contribution >= 0.6 is 0 Å². The molecule has 0 heterocycles. The molecular formula is C8H15F2NO. The zero-order chi connectivity index (χ0) is 9.72. The zero-order valence-electron chi connectivity index (χ0n) is 7.68. The largest absolute Gasteiger partial charge is 0.300 e. The van der Waals surface area contributed by atoms with E-state index in [9.17, 15) is 13.6 Å². The van der Waals surface area contributed by atoms with E-state index in [1.165, 1.54) is 11.8 Å². The van der Waals surface area contributed by atoms with Gasteiger partial charge >= 0.3 is 0 Å². The lowest BCUT2D eigenvalue weighted by Gasteiger charge is -2.22. The Bertz CT molecular complexity index is 150. The van der Waals surface area contributed by atoms with Crippen molar-refractivity contribution in [1.29, 1.82) is 0 Å². The molecule has 0 spiro atoms. The number of rotatable bonds is 5. The van der Waals surface area contributed by atoms with E-state index in [-0.39, 0.29) is 18.4 Å². The van der Waals surface area contributed by atoms with Crippen molar-refractivity contribution in [1.82, 2.24) is 4.90 Å². The molecule has 0 aromatic heterocycles. The van der Waals surface area contributed by atoms with Crippen LogP contribution in [0.3, 0.4) is 0 Å². The van der Waals surface area contributed by atoms with Crippen LogP contribution in [0.15, 0.2) is 0 Å². The minimum absolute atomic E-state index is 0.0311. The number of nitrogens with zero attached hydrogens (tertiary/aromatic N) is 1. The molecule has 0 saturated heterocycles. The fraction of sp³-hybridized carbons (Fsp3) is 0.875. The van der Waals surface area contributed by atoms with E-state index >= 15 is 0 Å². The summed E-state index contributed by atoms with van der Waals surface area (Å²) in [5.74, 6) is 0.0311. The summed E-state index contributed by atoms with van der Waals surface area (Å²) in [5.41, 5.74) is 0. The normalized spacial score (nSPS) is 13.9. The summed E-state index contributed by atoms with van der Waals surface area (Å²) < 4.78 is 23.7. The molecule has 0 aliphatic carbocycles. The molecule has 12 heavy (non-hydrogen) atoms. The Kier molecular flexibility index (Phi) is 4.97. The molecule has 72 valence electrons. The first-order valence-corrected chi connectivity index (χ1v) is 3.91. The molecule has 0 saturated carbocycles. The summed E-state index contributed by atoms with van der Waals surface area (Å²) in [6.07, 6.45) is -1.99. The first-order chi connectivity index (χ1) is 5.43. The number of alkyl halides is 2. The third-order valence-corrected chi connectivity index (χ3v) is 1.76. The number of ketones is 1. The molecule has 0 N–H and O–H groups in total. The van der Waals surface area contributed by atoms with Gasteiger partial charge in [0.2, 0.25) is 0 Å². The maximum atomic E-state index is 11.9. The average Bonchev–Trinajstić information content (AvgIpc) is 1.84. The van der Waals surface area contributed by atoms with Crippen LogP contribution in [0.2, 0.25) is 0 Å². The van der Waals surface area contributed by atoms with Crippen LogP contribution in [0, 0.1) is 0 Å². The van der Waals surface area contributed by atoms with Gasteiger partial charge < -0.3 is 0 Å². The summed E-state index contributed by atoms with van der Waals surface area (Å²) in [6.45, 7) is 2.96. The standard InChI is InChI=1S/C8H15F2NO/c1-6(4-7(2)12)11(3)5-8(9)10/h6,8H,4-5H2,1-3H3. The predicted octanol–water partition coefficient (Wildman–Crippen LogP) is 1.55. The SMILES string of the molecule is CC(=O)CC(C)N(C)CC(F)F. The summed E-state index contributed by atoms with van der Waals surface area (Å²) in [6, 6.07) is -0.100. The molecule has 4 heteroatoms. The Hall–Kier alpha value is -0.510. The van der Waals surface area contributed by atoms with Gasteiger partial charge in [-0.2, -0.15) is 0 Å². The van der Waals surface area contributed by atoms with Crippen molar-refractivity contribution >= 4 is 5.78 Å². The Morgan fingerprint density at radius 3 is 2.33 bits per heavy atom. The molecule has 1 unspecified atom stereocenters. The van der Waals surface area contributed by atoms with E-state index in [1.54, 1.807) is 14.0 Å². The molecule has 0 rings (SSSR count). The third-order valence-electron chi connectivity index (χ3n) is 1.76. The van der Waals surface area contributed by atoms with E-state index in [1.807, 2.05) is 0 Å². The third kappa shape index (κ3) is 5.18. The van der Waals surface area contributed by atoms with Crippen molar-refractivity contribution in [2.24, 2.45) is 0 Å². The van der Waals surface area contributed by atoms with Gasteiger partial charge in [-0.05, 0) is 20.9 Å². The average molecular weight is 179 g/mol. The van der Waals surface area contributed by atoms with Gasteiger partial charge in [0.1, 0.15) is 5.78 Å². The van der Waals surface area contributed by atoms with Crippen molar-refractivity contribution in [2.75, 3.05) is 13.6 Å². The molecule has 0 aromatic rings. The van der Waals surface area contributed by atoms with Gasteiger partial charge in [-0.15, -0.1) is 0 Å². The molecule has 0 aromatic carbocycles. The maximum Gasteiger partial charge on any atom is 0.251 e. The molecule has 0 amide bonds. The summed E-state index contributed by atoms with van der Waals surface area (Å²) in [5, 5.41) is 0. The quantitative estimate of drug-likeness (QED) is 0.638. The smallest absolute Gasteiger partial charge is 0.251 e. The Balaban J connectivity index is 3.76. The lowest BCUT2D eigenvalue weighted by Crippen LogP contribution is -2.34. The summed E-state index contributed by atoms with van der Waals surface area (Å²) in [4.78, 5) is 12.1. The topological polar surface area (TPSA) is 20.3 Å². The van der Waals surface area contributed by atoms with Crippen LogP contribution in [0.5, 0.6) is 0 Å². The van der Waals surface area contributed by atoms with Crippen molar-refractivity contribution in [3.05, 3.63) is 0 Å². The van der Waals surface area contributed by atoms with Gasteiger partial charge in [-0.25, -0.2) is 8.78 Å². The molecule has 0 aliphatic rings. The Morgan fingerprint density at radius 1 is 1.50 bits per heavy atom. The van der Waals surface area contributed by atoms with Crippen LogP contribution in [-0.2, 0) is 4.79 Å². The second-order valence-corrected chi connectivity index (χ2v) is 3.09. The highest BCUT2D eigenvalue weighted by Gasteiger charge is 2.14. The van der Waals surface area contributed by atoms with E-state index in [2.05, 4.69) is 0 Å². The fourth-order valence-corrected chi connectivity index (χ4v) is 0.969. The van der Waals surface area contributed by atoms with Crippen LogP contribution in [-0.4, -0.2) is 36.7 Å². The van der Waals surface area contributed by atoms with Crippen LogP contribution in [0.25, 0.3) is 0 Å². The fourth-order valence-electron chi connectivity index (χ4n) is 0.969. The highest BCUT2D eigenvalue weighted by Crippen LogP contribution is 2.04. The Morgan fingerprint density at radius 2 is 2.00 bits per heavy atom. The molecule has 0 fully saturated rings. The lowest BCUT2D eigenvalue weighted by molar-refractivity contribution is -0.118. The van der Waals surface area contributed by atoms with Gasteiger partial charge in [0.05, 0.1) is 6.54 Å². The van der Waals surface area contributed by atoms with E-state index in [0.29, 0.717) is 6.42 Å². The Labute approximate surface area is 71.5 Å².